The van der Waals surface area contributed by atoms with E-state index in [0.29, 0.717) is 0 Å². The number of amides is 1. The number of hydrogen-bond acceptors (Lipinski definition) is 5. The number of likely N-dealkylation sites (tertiary alicyclic amines) is 1. The fourth-order valence-corrected chi connectivity index (χ4v) is 8.18. The van der Waals surface area contributed by atoms with Crippen LogP contribution in [0.3, 0.4) is 0 Å². The van der Waals surface area contributed by atoms with Gasteiger partial charge in [0.05, 0.1) is 11.8 Å². The molecule has 7 heteroatoms. The van der Waals surface area contributed by atoms with E-state index in [-0.39, 0.29) is 16.7 Å². The summed E-state index contributed by atoms with van der Waals surface area (Å²) in [4.78, 5) is 15.8. The van der Waals surface area contributed by atoms with Gasteiger partial charge in [-0.1, -0.05) is 30.0 Å². The molecule has 5 fully saturated rings. The van der Waals surface area contributed by atoms with Crippen LogP contribution in [0.4, 0.5) is 0 Å². The summed E-state index contributed by atoms with van der Waals surface area (Å²) < 4.78 is 2.15. The maximum atomic E-state index is 13.4. The molecular weight excluding hydrogens is 430 g/mol. The molecule has 1 unspecified atom stereocenters. The molecule has 7 rings (SSSR count). The van der Waals surface area contributed by atoms with Crippen LogP contribution in [0.1, 0.15) is 64.1 Å². The van der Waals surface area contributed by atoms with Crippen LogP contribution in [-0.2, 0) is 11.3 Å². The van der Waals surface area contributed by atoms with E-state index in [4.69, 9.17) is 0 Å². The van der Waals surface area contributed by atoms with E-state index in [1.165, 1.54) is 63.1 Å². The van der Waals surface area contributed by atoms with Crippen molar-refractivity contribution in [3.8, 4) is 5.69 Å². The molecule has 1 aromatic carbocycles. The molecule has 0 radical (unpaired) electrons. The standard InChI is InChI=1S/C26H35N5OS/c1-18(24(32)27-26-14-19-11-20(15-26)13-21(12-19)16-26)33-25-29-28-23(17-30-9-5-6-10-30)31(25)22-7-3-2-4-8-22/h2-4,7-8,18-21H,5-6,9-17H2,1H3,(H,27,32). The fraction of sp³-hybridized carbons (Fsp3) is 0.654. The molecule has 1 aliphatic heterocycles. The third-order valence-electron chi connectivity index (χ3n) is 8.36. The average molecular weight is 466 g/mol. The first-order valence-corrected chi connectivity index (χ1v) is 13.7. The first-order chi connectivity index (χ1) is 16.1. The molecule has 176 valence electrons. The number of benzene rings is 1. The summed E-state index contributed by atoms with van der Waals surface area (Å²) in [6, 6.07) is 10.3. The number of nitrogens with zero attached hydrogens (tertiary/aromatic N) is 4. The van der Waals surface area contributed by atoms with Gasteiger partial charge >= 0.3 is 0 Å². The van der Waals surface area contributed by atoms with Gasteiger partial charge in [-0.15, -0.1) is 10.2 Å². The first-order valence-electron chi connectivity index (χ1n) is 12.8. The third-order valence-corrected chi connectivity index (χ3v) is 9.40. The topological polar surface area (TPSA) is 63.1 Å². The Morgan fingerprint density at radius 1 is 1.06 bits per heavy atom. The first kappa shape index (κ1) is 21.7. The van der Waals surface area contributed by atoms with Crippen molar-refractivity contribution in [2.45, 2.75) is 80.8 Å². The molecular formula is C26H35N5OS. The van der Waals surface area contributed by atoms with E-state index in [2.05, 4.69) is 37.1 Å². The molecule has 5 aliphatic rings. The molecule has 4 aliphatic carbocycles. The van der Waals surface area contributed by atoms with Crippen molar-refractivity contribution in [3.05, 3.63) is 36.2 Å². The second kappa shape index (κ2) is 8.73. The molecule has 1 N–H and O–H groups in total. The van der Waals surface area contributed by atoms with Gasteiger partial charge in [0.2, 0.25) is 5.91 Å². The summed E-state index contributed by atoms with van der Waals surface area (Å²) in [6.45, 7) is 5.06. The number of thioether (sulfide) groups is 1. The van der Waals surface area contributed by atoms with Gasteiger partial charge in [-0.2, -0.15) is 0 Å². The van der Waals surface area contributed by atoms with Gasteiger partial charge in [0.1, 0.15) is 0 Å². The van der Waals surface area contributed by atoms with Gasteiger partial charge in [0, 0.05) is 11.2 Å². The molecule has 1 aromatic heterocycles. The smallest absolute Gasteiger partial charge is 0.233 e. The number of nitrogens with one attached hydrogen (secondary N) is 1. The molecule has 6 nitrogen and oxygen atoms in total. The van der Waals surface area contributed by atoms with Crippen molar-refractivity contribution >= 4 is 17.7 Å². The number of hydrogen-bond donors (Lipinski definition) is 1. The quantitative estimate of drug-likeness (QED) is 0.613. The van der Waals surface area contributed by atoms with Crippen LogP contribution in [0, 0.1) is 17.8 Å². The molecule has 0 spiro atoms. The third kappa shape index (κ3) is 4.34. The van der Waals surface area contributed by atoms with E-state index < -0.39 is 0 Å². The Kier molecular flexibility index (Phi) is 5.73. The van der Waals surface area contributed by atoms with Crippen LogP contribution in [0.15, 0.2) is 35.5 Å². The molecule has 4 saturated carbocycles. The van der Waals surface area contributed by atoms with E-state index in [0.717, 1.165) is 54.1 Å². The van der Waals surface area contributed by atoms with Gasteiger partial charge < -0.3 is 5.32 Å². The van der Waals surface area contributed by atoms with Crippen molar-refractivity contribution in [3.63, 3.8) is 0 Å². The highest BCUT2D eigenvalue weighted by Crippen LogP contribution is 2.55. The number of rotatable bonds is 7. The second-order valence-corrected chi connectivity index (χ2v) is 12.3. The molecule has 1 amide bonds. The number of carbonyl (C=O) groups is 1. The zero-order valence-electron chi connectivity index (χ0n) is 19.6. The highest BCUT2D eigenvalue weighted by Gasteiger charge is 2.51. The Morgan fingerprint density at radius 2 is 1.70 bits per heavy atom. The van der Waals surface area contributed by atoms with E-state index >= 15 is 0 Å². The van der Waals surface area contributed by atoms with Crippen molar-refractivity contribution in [1.29, 1.82) is 0 Å². The lowest BCUT2D eigenvalue weighted by molar-refractivity contribution is -0.126. The summed E-state index contributed by atoms with van der Waals surface area (Å²) in [5, 5.41) is 13.3. The molecule has 4 bridgehead atoms. The molecule has 33 heavy (non-hydrogen) atoms. The summed E-state index contributed by atoms with van der Waals surface area (Å²) in [6.07, 6.45) is 10.2. The highest BCUT2D eigenvalue weighted by molar-refractivity contribution is 8.00. The minimum atomic E-state index is -0.204. The maximum Gasteiger partial charge on any atom is 0.233 e. The van der Waals surface area contributed by atoms with E-state index in [1.54, 1.807) is 0 Å². The van der Waals surface area contributed by atoms with Crippen LogP contribution in [0.5, 0.6) is 0 Å². The zero-order chi connectivity index (χ0) is 22.4. The van der Waals surface area contributed by atoms with Crippen LogP contribution in [-0.4, -0.2) is 49.4 Å². The van der Waals surface area contributed by atoms with Crippen LogP contribution in [0.25, 0.3) is 5.69 Å². The molecule has 1 saturated heterocycles. The van der Waals surface area contributed by atoms with Crippen molar-refractivity contribution < 1.29 is 4.79 Å². The molecule has 2 heterocycles. The van der Waals surface area contributed by atoms with E-state index in [9.17, 15) is 4.79 Å². The van der Waals surface area contributed by atoms with Gasteiger partial charge in [0.25, 0.3) is 0 Å². The average Bonchev–Trinajstić information content (AvgIpc) is 3.43. The van der Waals surface area contributed by atoms with Gasteiger partial charge in [-0.05, 0) is 101 Å². The fourth-order valence-electron chi connectivity index (χ4n) is 7.29. The number of carbonyl (C=O) groups excluding carboxylic acids is 1. The van der Waals surface area contributed by atoms with Crippen LogP contribution in [0.2, 0.25) is 0 Å². The number of aromatic nitrogens is 3. The van der Waals surface area contributed by atoms with Crippen LogP contribution >= 0.6 is 11.8 Å². The SMILES string of the molecule is CC(Sc1nnc(CN2CCCC2)n1-c1ccccc1)C(=O)NC12CC3CC(CC(C3)C1)C2. The lowest BCUT2D eigenvalue weighted by Gasteiger charge is -2.57. The summed E-state index contributed by atoms with van der Waals surface area (Å²) in [5.41, 5.74) is 1.11. The molecule has 1 atom stereocenters. The summed E-state index contributed by atoms with van der Waals surface area (Å²) in [5.74, 6) is 3.60. The van der Waals surface area contributed by atoms with Crippen molar-refractivity contribution in [1.82, 2.24) is 25.0 Å². The van der Waals surface area contributed by atoms with Crippen molar-refractivity contribution in [2.24, 2.45) is 17.8 Å². The predicted octanol–water partition coefficient (Wildman–Crippen LogP) is 4.43. The Balaban J connectivity index is 1.19. The highest BCUT2D eigenvalue weighted by atomic mass is 32.2. The summed E-state index contributed by atoms with van der Waals surface area (Å²) in [7, 11) is 0. The van der Waals surface area contributed by atoms with Crippen molar-refractivity contribution in [2.75, 3.05) is 13.1 Å². The maximum absolute atomic E-state index is 13.4. The molecule has 2 aromatic rings. The van der Waals surface area contributed by atoms with Crippen LogP contribution < -0.4 is 5.32 Å². The Bertz CT molecular complexity index is 964. The zero-order valence-corrected chi connectivity index (χ0v) is 20.4. The Labute approximate surface area is 200 Å². The van der Waals surface area contributed by atoms with Gasteiger partial charge in [-0.25, -0.2) is 0 Å². The largest absolute Gasteiger partial charge is 0.350 e. The lowest BCUT2D eigenvalue weighted by atomic mass is 9.53. The van der Waals surface area contributed by atoms with Gasteiger partial charge in [-0.3, -0.25) is 14.3 Å². The minimum absolute atomic E-state index is 0.0503. The minimum Gasteiger partial charge on any atom is -0.350 e. The lowest BCUT2D eigenvalue weighted by Crippen LogP contribution is -2.60. The Hall–Kier alpha value is -1.86. The Morgan fingerprint density at radius 3 is 2.33 bits per heavy atom. The summed E-state index contributed by atoms with van der Waals surface area (Å²) >= 11 is 1.54. The van der Waals surface area contributed by atoms with Gasteiger partial charge in [0.15, 0.2) is 11.0 Å². The monoisotopic (exact) mass is 465 g/mol. The predicted molar refractivity (Wildman–Crippen MR) is 130 cm³/mol. The van der Waals surface area contributed by atoms with E-state index in [1.807, 2.05) is 25.1 Å². The normalized spacial score (nSPS) is 31.7. The number of para-hydroxylation sites is 1. The second-order valence-electron chi connectivity index (χ2n) is 11.0.